The van der Waals surface area contributed by atoms with Gasteiger partial charge >= 0.3 is 0 Å². The molecule has 1 heteroatoms. The van der Waals surface area contributed by atoms with Crippen LogP contribution in [0.4, 0.5) is 0 Å². The second-order valence-corrected chi connectivity index (χ2v) is 6.85. The molecule has 15 heavy (non-hydrogen) atoms. The van der Waals surface area contributed by atoms with Gasteiger partial charge in [-0.25, -0.2) is 0 Å². The molecule has 1 N–H and O–H groups in total. The van der Waals surface area contributed by atoms with Crippen LogP contribution in [0.2, 0.25) is 0 Å². The number of fused-ring (bicyclic) bond motifs is 2. The Morgan fingerprint density at radius 3 is 2.27 bits per heavy atom. The lowest BCUT2D eigenvalue weighted by molar-refractivity contribution is -0.122. The maximum Gasteiger partial charge on any atom is 0.0601 e. The van der Waals surface area contributed by atoms with E-state index in [1.54, 1.807) is 0 Å². The van der Waals surface area contributed by atoms with Crippen LogP contribution >= 0.6 is 0 Å². The van der Waals surface area contributed by atoms with E-state index in [2.05, 4.69) is 34.6 Å². The van der Waals surface area contributed by atoms with Crippen LogP contribution < -0.4 is 0 Å². The van der Waals surface area contributed by atoms with Gasteiger partial charge in [0.2, 0.25) is 0 Å². The lowest BCUT2D eigenvalue weighted by Gasteiger charge is -2.55. The average molecular weight is 210 g/mol. The molecule has 2 bridgehead atoms. The molecule has 2 saturated carbocycles. The van der Waals surface area contributed by atoms with E-state index >= 15 is 0 Å². The highest BCUT2D eigenvalue weighted by Crippen LogP contribution is 2.73. The van der Waals surface area contributed by atoms with Crippen molar-refractivity contribution in [3.8, 4) is 0 Å². The average Bonchev–Trinajstić information content (AvgIpc) is 2.64. The molecule has 1 nitrogen and oxygen atoms in total. The Labute approximate surface area is 94.3 Å². The van der Waals surface area contributed by atoms with Gasteiger partial charge in [-0.15, -0.1) is 0 Å². The number of hydrogen-bond acceptors (Lipinski definition) is 1. The molecule has 0 radical (unpaired) electrons. The van der Waals surface area contributed by atoms with Crippen molar-refractivity contribution in [1.82, 2.24) is 0 Å². The van der Waals surface area contributed by atoms with Crippen LogP contribution in [0.5, 0.6) is 0 Å². The van der Waals surface area contributed by atoms with Gasteiger partial charge in [-0.1, -0.05) is 34.6 Å². The van der Waals surface area contributed by atoms with Crippen molar-refractivity contribution in [2.24, 2.45) is 22.2 Å². The highest BCUT2D eigenvalue weighted by molar-refractivity contribution is 5.16. The SMILES string of the molecule is CCC(O)C1(C)C2(C)CCC(C2)C1(C)C. The smallest absolute Gasteiger partial charge is 0.0601 e. The predicted molar refractivity (Wildman–Crippen MR) is 63.6 cm³/mol. The summed E-state index contributed by atoms with van der Waals surface area (Å²) in [6.45, 7) is 11.6. The monoisotopic (exact) mass is 210 g/mol. The Morgan fingerprint density at radius 1 is 1.27 bits per heavy atom. The van der Waals surface area contributed by atoms with E-state index in [1.807, 2.05) is 0 Å². The van der Waals surface area contributed by atoms with Crippen LogP contribution in [-0.2, 0) is 0 Å². The Kier molecular flexibility index (Phi) is 2.29. The molecule has 4 atom stereocenters. The fraction of sp³-hybridized carbons (Fsp3) is 1.00. The maximum atomic E-state index is 10.4. The molecular formula is C14H26O. The van der Waals surface area contributed by atoms with E-state index < -0.39 is 0 Å². The predicted octanol–water partition coefficient (Wildman–Crippen LogP) is 3.61. The molecular weight excluding hydrogens is 184 g/mol. The minimum Gasteiger partial charge on any atom is -0.393 e. The first-order valence-electron chi connectivity index (χ1n) is 6.47. The first kappa shape index (κ1) is 11.4. The van der Waals surface area contributed by atoms with Crippen molar-refractivity contribution in [3.05, 3.63) is 0 Å². The van der Waals surface area contributed by atoms with Crippen molar-refractivity contribution in [2.45, 2.75) is 66.4 Å². The third kappa shape index (κ3) is 1.08. The fourth-order valence-corrected chi connectivity index (χ4v) is 4.77. The van der Waals surface area contributed by atoms with Crippen molar-refractivity contribution < 1.29 is 5.11 Å². The van der Waals surface area contributed by atoms with Gasteiger partial charge in [0.25, 0.3) is 0 Å². The maximum absolute atomic E-state index is 10.4. The minimum atomic E-state index is -0.136. The van der Waals surface area contributed by atoms with E-state index in [0.717, 1.165) is 12.3 Å². The molecule has 2 fully saturated rings. The van der Waals surface area contributed by atoms with Gasteiger partial charge in [0.15, 0.2) is 0 Å². The van der Waals surface area contributed by atoms with Gasteiger partial charge in [0.1, 0.15) is 0 Å². The third-order valence-electron chi connectivity index (χ3n) is 6.41. The summed E-state index contributed by atoms with van der Waals surface area (Å²) >= 11 is 0. The lowest BCUT2D eigenvalue weighted by Crippen LogP contribution is -2.52. The zero-order chi connectivity index (χ0) is 11.5. The van der Waals surface area contributed by atoms with Gasteiger partial charge in [-0.3, -0.25) is 0 Å². The molecule has 0 spiro atoms. The van der Waals surface area contributed by atoms with Crippen LogP contribution in [0.1, 0.15) is 60.3 Å². The summed E-state index contributed by atoms with van der Waals surface area (Å²) in [6.07, 6.45) is 4.77. The minimum absolute atomic E-state index is 0.109. The number of hydrogen-bond donors (Lipinski definition) is 1. The summed E-state index contributed by atoms with van der Waals surface area (Å²) in [5.74, 6) is 0.827. The molecule has 0 amide bonds. The Morgan fingerprint density at radius 2 is 1.87 bits per heavy atom. The van der Waals surface area contributed by atoms with Crippen LogP contribution in [0.25, 0.3) is 0 Å². The summed E-state index contributed by atoms with van der Waals surface area (Å²) < 4.78 is 0. The number of rotatable bonds is 2. The molecule has 0 aromatic rings. The summed E-state index contributed by atoms with van der Waals surface area (Å²) in [4.78, 5) is 0. The van der Waals surface area contributed by atoms with Gasteiger partial charge in [-0.2, -0.15) is 0 Å². The Hall–Kier alpha value is -0.0400. The molecule has 0 saturated heterocycles. The van der Waals surface area contributed by atoms with E-state index in [4.69, 9.17) is 0 Å². The van der Waals surface area contributed by atoms with E-state index in [1.165, 1.54) is 19.3 Å². The summed E-state index contributed by atoms with van der Waals surface area (Å²) in [5, 5.41) is 10.4. The zero-order valence-electron chi connectivity index (χ0n) is 10.9. The highest BCUT2D eigenvalue weighted by Gasteiger charge is 2.68. The number of aliphatic hydroxyl groups is 1. The van der Waals surface area contributed by atoms with E-state index in [9.17, 15) is 5.11 Å². The molecule has 0 heterocycles. The van der Waals surface area contributed by atoms with Crippen molar-refractivity contribution >= 4 is 0 Å². The van der Waals surface area contributed by atoms with Crippen molar-refractivity contribution in [2.75, 3.05) is 0 Å². The van der Waals surface area contributed by atoms with Gasteiger partial charge < -0.3 is 5.11 Å². The molecule has 2 rings (SSSR count). The van der Waals surface area contributed by atoms with Crippen molar-refractivity contribution in [1.29, 1.82) is 0 Å². The van der Waals surface area contributed by atoms with Crippen LogP contribution in [0.15, 0.2) is 0 Å². The highest BCUT2D eigenvalue weighted by atomic mass is 16.3. The molecule has 2 aliphatic rings. The second kappa shape index (κ2) is 3.00. The Balaban J connectivity index is 2.45. The fourth-order valence-electron chi connectivity index (χ4n) is 4.77. The topological polar surface area (TPSA) is 20.2 Å². The third-order valence-corrected chi connectivity index (χ3v) is 6.41. The molecule has 0 aromatic heterocycles. The molecule has 0 aliphatic heterocycles. The molecule has 2 aliphatic carbocycles. The normalized spacial score (nSPS) is 49.6. The summed E-state index contributed by atoms with van der Waals surface area (Å²) in [7, 11) is 0. The lowest BCUT2D eigenvalue weighted by atomic mass is 9.51. The first-order valence-corrected chi connectivity index (χ1v) is 6.47. The largest absolute Gasteiger partial charge is 0.393 e. The van der Waals surface area contributed by atoms with E-state index in [-0.39, 0.29) is 11.5 Å². The summed E-state index contributed by atoms with van der Waals surface area (Å²) in [5.41, 5.74) is 0.781. The van der Waals surface area contributed by atoms with Gasteiger partial charge in [-0.05, 0) is 42.4 Å². The molecule has 4 unspecified atom stereocenters. The zero-order valence-corrected chi connectivity index (χ0v) is 10.9. The first-order chi connectivity index (χ1) is 6.79. The standard InChI is InChI=1S/C14H26O/c1-6-11(15)14(5)12(2,3)10-7-8-13(14,4)9-10/h10-11,15H,6-9H2,1-5H3. The quantitative estimate of drug-likeness (QED) is 0.738. The van der Waals surface area contributed by atoms with Crippen LogP contribution in [-0.4, -0.2) is 11.2 Å². The summed E-state index contributed by atoms with van der Waals surface area (Å²) in [6, 6.07) is 0. The molecule has 88 valence electrons. The van der Waals surface area contributed by atoms with Gasteiger partial charge in [0.05, 0.1) is 6.10 Å². The number of aliphatic hydroxyl groups excluding tert-OH is 1. The second-order valence-electron chi connectivity index (χ2n) is 6.85. The van der Waals surface area contributed by atoms with Crippen LogP contribution in [0, 0.1) is 22.2 Å². The van der Waals surface area contributed by atoms with Crippen LogP contribution in [0.3, 0.4) is 0 Å². The van der Waals surface area contributed by atoms with Gasteiger partial charge in [0, 0.05) is 5.41 Å². The van der Waals surface area contributed by atoms with E-state index in [0.29, 0.717) is 10.8 Å². The van der Waals surface area contributed by atoms with Crippen molar-refractivity contribution in [3.63, 3.8) is 0 Å². The molecule has 0 aromatic carbocycles. The Bertz CT molecular complexity index is 264.